The van der Waals surface area contributed by atoms with Gasteiger partial charge in [0.05, 0.1) is 0 Å². The number of ketones is 2. The van der Waals surface area contributed by atoms with Crippen LogP contribution >= 0.6 is 0 Å². The van der Waals surface area contributed by atoms with E-state index in [0.717, 1.165) is 12.8 Å². The van der Waals surface area contributed by atoms with Gasteiger partial charge in [-0.05, 0) is 60.5 Å². The fraction of sp³-hybridized carbons (Fsp3) is 0.727. The first kappa shape index (κ1) is 20.9. The third-order valence-corrected chi connectivity index (χ3v) is 4.50. The van der Waals surface area contributed by atoms with Gasteiger partial charge in [-0.2, -0.15) is 0 Å². The molecule has 0 saturated carbocycles. The maximum absolute atomic E-state index is 12.5. The minimum atomic E-state index is 0.0294. The lowest BCUT2D eigenvalue weighted by atomic mass is 9.74. The van der Waals surface area contributed by atoms with Gasteiger partial charge in [-0.1, -0.05) is 55.4 Å². The van der Waals surface area contributed by atoms with Crippen LogP contribution in [-0.4, -0.2) is 11.6 Å². The first-order chi connectivity index (χ1) is 10.8. The molecule has 0 heterocycles. The number of carbonyl (C=O) groups excluding carboxylic acids is 2. The second-order valence-electron chi connectivity index (χ2n) is 9.95. The van der Waals surface area contributed by atoms with Crippen molar-refractivity contribution in [3.05, 3.63) is 23.3 Å². The average molecular weight is 333 g/mol. The highest BCUT2D eigenvalue weighted by atomic mass is 16.1. The Bertz CT molecular complexity index is 492. The van der Waals surface area contributed by atoms with Gasteiger partial charge < -0.3 is 0 Å². The summed E-state index contributed by atoms with van der Waals surface area (Å²) in [6.45, 7) is 17.5. The van der Waals surface area contributed by atoms with Crippen LogP contribution in [0.5, 0.6) is 0 Å². The minimum Gasteiger partial charge on any atom is -0.290 e. The normalized spacial score (nSPS) is 16.8. The third-order valence-electron chi connectivity index (χ3n) is 4.50. The fourth-order valence-electron chi connectivity index (χ4n) is 4.31. The molecule has 1 rings (SSSR count). The van der Waals surface area contributed by atoms with Crippen LogP contribution in [0.4, 0.5) is 0 Å². The van der Waals surface area contributed by atoms with Crippen molar-refractivity contribution in [2.24, 2.45) is 22.7 Å². The Labute approximate surface area is 148 Å². The summed E-state index contributed by atoms with van der Waals surface area (Å²) in [5.41, 5.74) is 1.43. The van der Waals surface area contributed by atoms with Crippen LogP contribution in [0, 0.1) is 22.7 Å². The van der Waals surface area contributed by atoms with Crippen molar-refractivity contribution in [1.82, 2.24) is 0 Å². The molecule has 0 aromatic rings. The standard InChI is InChI=1S/C22H36O2/c1-15(2)11-21(5,6)13-17-9-20(24)18(10-19(17)23)14-22(7,8)12-16(3)4/h9-10,15-16H,11-14H2,1-8H3. The minimum absolute atomic E-state index is 0.0294. The van der Waals surface area contributed by atoms with E-state index in [-0.39, 0.29) is 22.4 Å². The Balaban J connectivity index is 2.84. The van der Waals surface area contributed by atoms with E-state index < -0.39 is 0 Å². The zero-order chi connectivity index (χ0) is 18.7. The Morgan fingerprint density at radius 3 is 1.25 bits per heavy atom. The molecule has 2 heteroatoms. The molecule has 1 aliphatic rings. The van der Waals surface area contributed by atoms with Crippen molar-refractivity contribution in [1.29, 1.82) is 0 Å². The van der Waals surface area contributed by atoms with Gasteiger partial charge in [-0.25, -0.2) is 0 Å². The lowest BCUT2D eigenvalue weighted by Gasteiger charge is -2.30. The highest BCUT2D eigenvalue weighted by Crippen LogP contribution is 2.37. The van der Waals surface area contributed by atoms with Crippen LogP contribution in [0.1, 0.15) is 81.1 Å². The number of hydrogen-bond donors (Lipinski definition) is 0. The molecule has 1 aliphatic carbocycles. The number of rotatable bonds is 8. The second kappa shape index (κ2) is 7.80. The summed E-state index contributed by atoms with van der Waals surface area (Å²) in [6, 6.07) is 0. The van der Waals surface area contributed by atoms with Crippen molar-refractivity contribution >= 4 is 11.6 Å². The van der Waals surface area contributed by atoms with E-state index in [1.807, 2.05) is 0 Å². The van der Waals surface area contributed by atoms with Crippen molar-refractivity contribution in [3.63, 3.8) is 0 Å². The Kier molecular flexibility index (Phi) is 6.78. The van der Waals surface area contributed by atoms with Crippen molar-refractivity contribution < 1.29 is 9.59 Å². The molecular weight excluding hydrogens is 296 g/mol. The van der Waals surface area contributed by atoms with Crippen LogP contribution in [0.15, 0.2) is 23.3 Å². The van der Waals surface area contributed by atoms with Gasteiger partial charge in [0.15, 0.2) is 11.6 Å². The molecule has 0 atom stereocenters. The monoisotopic (exact) mass is 332 g/mol. The largest absolute Gasteiger partial charge is 0.290 e. The molecule has 24 heavy (non-hydrogen) atoms. The molecule has 0 aromatic heterocycles. The molecular formula is C22H36O2. The number of carbonyl (C=O) groups is 2. The predicted octanol–water partition coefficient (Wildman–Crippen LogP) is 5.92. The highest BCUT2D eigenvalue weighted by molar-refractivity contribution is 6.20. The molecule has 0 fully saturated rings. The molecule has 0 amide bonds. The maximum atomic E-state index is 12.5. The quantitative estimate of drug-likeness (QED) is 0.517. The SMILES string of the molecule is CC(C)CC(C)(C)CC1=CC(=O)C(CC(C)(C)CC(C)C)=CC1=O. The van der Waals surface area contributed by atoms with Crippen LogP contribution in [0.2, 0.25) is 0 Å². The van der Waals surface area contributed by atoms with Crippen LogP contribution in [0.25, 0.3) is 0 Å². The second-order valence-corrected chi connectivity index (χ2v) is 9.95. The molecule has 0 aliphatic heterocycles. The maximum Gasteiger partial charge on any atom is 0.182 e. The van der Waals surface area contributed by atoms with Gasteiger partial charge in [-0.3, -0.25) is 9.59 Å². The van der Waals surface area contributed by atoms with Gasteiger partial charge in [0.25, 0.3) is 0 Å². The smallest absolute Gasteiger partial charge is 0.182 e. The molecule has 0 saturated heterocycles. The number of hydrogen-bond acceptors (Lipinski definition) is 2. The summed E-state index contributed by atoms with van der Waals surface area (Å²) in [4.78, 5) is 25.0. The van der Waals surface area contributed by atoms with Gasteiger partial charge >= 0.3 is 0 Å². The van der Waals surface area contributed by atoms with E-state index in [1.54, 1.807) is 12.2 Å². The summed E-state index contributed by atoms with van der Waals surface area (Å²) < 4.78 is 0. The Morgan fingerprint density at radius 1 is 0.708 bits per heavy atom. The molecule has 0 N–H and O–H groups in total. The molecule has 0 bridgehead atoms. The molecule has 0 spiro atoms. The lowest BCUT2D eigenvalue weighted by molar-refractivity contribution is -0.115. The van der Waals surface area contributed by atoms with E-state index in [9.17, 15) is 9.59 Å². The summed E-state index contributed by atoms with van der Waals surface area (Å²) >= 11 is 0. The zero-order valence-corrected chi connectivity index (χ0v) is 17.0. The first-order valence-corrected chi connectivity index (χ1v) is 9.31. The first-order valence-electron chi connectivity index (χ1n) is 9.31. The van der Waals surface area contributed by atoms with E-state index in [2.05, 4.69) is 55.4 Å². The van der Waals surface area contributed by atoms with Gasteiger partial charge in [0.2, 0.25) is 0 Å². The Hall–Kier alpha value is -1.18. The highest BCUT2D eigenvalue weighted by Gasteiger charge is 2.30. The van der Waals surface area contributed by atoms with Gasteiger partial charge in [-0.15, -0.1) is 0 Å². The summed E-state index contributed by atoms with van der Waals surface area (Å²) in [6.07, 6.45) is 6.65. The molecule has 0 unspecified atom stereocenters. The zero-order valence-electron chi connectivity index (χ0n) is 17.0. The van der Waals surface area contributed by atoms with E-state index in [0.29, 0.717) is 35.8 Å². The molecule has 136 valence electrons. The van der Waals surface area contributed by atoms with Crippen LogP contribution in [0.3, 0.4) is 0 Å². The molecule has 0 radical (unpaired) electrons. The van der Waals surface area contributed by atoms with Gasteiger partial charge in [0.1, 0.15) is 0 Å². The van der Waals surface area contributed by atoms with Crippen LogP contribution < -0.4 is 0 Å². The average Bonchev–Trinajstić information content (AvgIpc) is 2.31. The summed E-state index contributed by atoms with van der Waals surface area (Å²) in [5.74, 6) is 1.22. The van der Waals surface area contributed by atoms with Crippen LogP contribution in [-0.2, 0) is 9.59 Å². The molecule has 0 aromatic carbocycles. The van der Waals surface area contributed by atoms with E-state index in [4.69, 9.17) is 0 Å². The Morgan fingerprint density at radius 2 is 1.00 bits per heavy atom. The fourth-order valence-corrected chi connectivity index (χ4v) is 4.31. The van der Waals surface area contributed by atoms with Crippen molar-refractivity contribution in [2.45, 2.75) is 81.1 Å². The third kappa shape index (κ3) is 6.75. The predicted molar refractivity (Wildman–Crippen MR) is 102 cm³/mol. The van der Waals surface area contributed by atoms with Crippen molar-refractivity contribution in [2.75, 3.05) is 0 Å². The van der Waals surface area contributed by atoms with Crippen molar-refractivity contribution in [3.8, 4) is 0 Å². The molecule has 2 nitrogen and oxygen atoms in total. The lowest BCUT2D eigenvalue weighted by Crippen LogP contribution is -2.23. The van der Waals surface area contributed by atoms with E-state index >= 15 is 0 Å². The number of allylic oxidation sites excluding steroid dienone is 4. The van der Waals surface area contributed by atoms with Gasteiger partial charge in [0, 0.05) is 11.1 Å². The van der Waals surface area contributed by atoms with E-state index in [1.165, 1.54) is 0 Å². The summed E-state index contributed by atoms with van der Waals surface area (Å²) in [7, 11) is 0. The summed E-state index contributed by atoms with van der Waals surface area (Å²) in [5, 5.41) is 0. The topological polar surface area (TPSA) is 34.1 Å².